The molecule has 5 heteroatoms. The lowest BCUT2D eigenvalue weighted by atomic mass is 10.0. The van der Waals surface area contributed by atoms with Gasteiger partial charge in [-0.25, -0.2) is 0 Å². The van der Waals surface area contributed by atoms with E-state index < -0.39 is 0 Å². The van der Waals surface area contributed by atoms with Gasteiger partial charge in [0.1, 0.15) is 0 Å². The van der Waals surface area contributed by atoms with Crippen LogP contribution >= 0.6 is 24.2 Å². The Morgan fingerprint density at radius 3 is 2.81 bits per heavy atom. The lowest BCUT2D eigenvalue weighted by Crippen LogP contribution is -2.33. The van der Waals surface area contributed by atoms with Crippen LogP contribution in [0.5, 0.6) is 0 Å². The fourth-order valence-corrected chi connectivity index (χ4v) is 2.63. The number of nitrogens with zero attached hydrogens (tertiary/aromatic N) is 1. The first kappa shape index (κ1) is 16.1. The Hall–Kier alpha value is 0.0700. The lowest BCUT2D eigenvalue weighted by Gasteiger charge is -2.17. The minimum atomic E-state index is 0. The van der Waals surface area contributed by atoms with Crippen molar-refractivity contribution in [3.63, 3.8) is 0 Å². The molecule has 1 heterocycles. The van der Waals surface area contributed by atoms with Gasteiger partial charge < -0.3 is 10.6 Å². The molecule has 1 aliphatic heterocycles. The average molecular weight is 267 g/mol. The van der Waals surface area contributed by atoms with Gasteiger partial charge in [-0.05, 0) is 31.4 Å². The van der Waals surface area contributed by atoms with Gasteiger partial charge in [0.2, 0.25) is 5.91 Å². The van der Waals surface area contributed by atoms with Crippen molar-refractivity contribution < 1.29 is 4.79 Å². The van der Waals surface area contributed by atoms with E-state index >= 15 is 0 Å². The summed E-state index contributed by atoms with van der Waals surface area (Å²) >= 11 is 1.74. The van der Waals surface area contributed by atoms with Crippen LogP contribution in [0.15, 0.2) is 0 Å². The van der Waals surface area contributed by atoms with Crippen molar-refractivity contribution in [1.29, 1.82) is 0 Å². The maximum Gasteiger partial charge on any atom is 0.232 e. The predicted molar refractivity (Wildman–Crippen MR) is 73.2 cm³/mol. The monoisotopic (exact) mass is 266 g/mol. The van der Waals surface area contributed by atoms with E-state index in [4.69, 9.17) is 5.73 Å². The number of carbonyl (C=O) groups is 1. The van der Waals surface area contributed by atoms with Crippen molar-refractivity contribution in [3.8, 4) is 0 Å². The van der Waals surface area contributed by atoms with Crippen molar-refractivity contribution >= 4 is 30.1 Å². The second-order valence-corrected chi connectivity index (χ2v) is 5.41. The van der Waals surface area contributed by atoms with Crippen molar-refractivity contribution in [2.45, 2.75) is 32.7 Å². The number of rotatable bonds is 5. The third kappa shape index (κ3) is 4.93. The second-order valence-electron chi connectivity index (χ2n) is 4.30. The van der Waals surface area contributed by atoms with E-state index in [-0.39, 0.29) is 24.4 Å². The first-order valence-electron chi connectivity index (χ1n) is 5.76. The van der Waals surface area contributed by atoms with Gasteiger partial charge in [-0.2, -0.15) is 11.8 Å². The third-order valence-corrected chi connectivity index (χ3v) is 4.04. The third-order valence-electron chi connectivity index (χ3n) is 2.89. The van der Waals surface area contributed by atoms with E-state index in [0.29, 0.717) is 11.7 Å². The van der Waals surface area contributed by atoms with Gasteiger partial charge in [0.25, 0.3) is 0 Å². The number of hydrogen-bond donors (Lipinski definition) is 1. The fraction of sp³-hybridized carbons (Fsp3) is 0.909. The molecule has 2 N–H and O–H groups in total. The average Bonchev–Trinajstić information content (AvgIpc) is 2.66. The molecule has 1 aliphatic rings. The van der Waals surface area contributed by atoms with Gasteiger partial charge >= 0.3 is 0 Å². The van der Waals surface area contributed by atoms with Gasteiger partial charge in [0.15, 0.2) is 0 Å². The molecule has 0 aromatic rings. The summed E-state index contributed by atoms with van der Waals surface area (Å²) < 4.78 is 0. The molecular weight excluding hydrogens is 244 g/mol. The Morgan fingerprint density at radius 2 is 2.31 bits per heavy atom. The van der Waals surface area contributed by atoms with Gasteiger partial charge in [0.05, 0.1) is 5.75 Å². The standard InChI is InChI=1S/C11H22N2OS.ClH/c1-3-6-15-8-11(14)13-5-4-10(7-13)9(2)12;/h9-10H,3-8,12H2,1-2H3;1H. The summed E-state index contributed by atoms with van der Waals surface area (Å²) in [7, 11) is 0. The summed E-state index contributed by atoms with van der Waals surface area (Å²) in [4.78, 5) is 13.7. The summed E-state index contributed by atoms with van der Waals surface area (Å²) in [6.07, 6.45) is 2.21. The van der Waals surface area contributed by atoms with Crippen LogP contribution in [0.3, 0.4) is 0 Å². The minimum absolute atomic E-state index is 0. The molecule has 2 unspecified atom stereocenters. The van der Waals surface area contributed by atoms with Crippen LogP contribution in [-0.2, 0) is 4.79 Å². The molecule has 0 bridgehead atoms. The molecule has 0 saturated carbocycles. The van der Waals surface area contributed by atoms with Gasteiger partial charge in [-0.1, -0.05) is 6.92 Å². The molecule has 0 radical (unpaired) electrons. The highest BCUT2D eigenvalue weighted by Crippen LogP contribution is 2.19. The van der Waals surface area contributed by atoms with Crippen LogP contribution in [0.2, 0.25) is 0 Å². The summed E-state index contributed by atoms with van der Waals surface area (Å²) in [5.41, 5.74) is 5.84. The molecule has 0 aromatic heterocycles. The minimum Gasteiger partial charge on any atom is -0.342 e. The quantitative estimate of drug-likeness (QED) is 0.772. The van der Waals surface area contributed by atoms with E-state index in [9.17, 15) is 4.79 Å². The Kier molecular flexibility index (Phi) is 8.24. The normalized spacial score (nSPS) is 21.7. The van der Waals surface area contributed by atoms with Crippen LogP contribution in [0.25, 0.3) is 0 Å². The van der Waals surface area contributed by atoms with Crippen LogP contribution in [0.1, 0.15) is 26.7 Å². The molecule has 1 fully saturated rings. The van der Waals surface area contributed by atoms with Gasteiger partial charge in [-0.15, -0.1) is 12.4 Å². The SMILES string of the molecule is CCCSCC(=O)N1CCC(C(C)N)C1.Cl. The van der Waals surface area contributed by atoms with Crippen molar-refractivity contribution in [3.05, 3.63) is 0 Å². The van der Waals surface area contributed by atoms with E-state index in [2.05, 4.69) is 6.92 Å². The Morgan fingerprint density at radius 1 is 1.62 bits per heavy atom. The van der Waals surface area contributed by atoms with Crippen molar-refractivity contribution in [1.82, 2.24) is 4.90 Å². The number of likely N-dealkylation sites (tertiary alicyclic amines) is 1. The zero-order valence-corrected chi connectivity index (χ0v) is 11.8. The molecule has 96 valence electrons. The number of nitrogens with two attached hydrogens (primary N) is 1. The van der Waals surface area contributed by atoms with Gasteiger partial charge in [-0.3, -0.25) is 4.79 Å². The predicted octanol–water partition coefficient (Wildman–Crippen LogP) is 1.75. The van der Waals surface area contributed by atoms with Crippen molar-refractivity contribution in [2.24, 2.45) is 11.7 Å². The molecular formula is C11H23ClN2OS. The second kappa shape index (κ2) is 8.20. The number of hydrogen-bond acceptors (Lipinski definition) is 3. The topological polar surface area (TPSA) is 46.3 Å². The van der Waals surface area contributed by atoms with Gasteiger partial charge in [0, 0.05) is 19.1 Å². The highest BCUT2D eigenvalue weighted by molar-refractivity contribution is 7.99. The lowest BCUT2D eigenvalue weighted by molar-refractivity contribution is -0.127. The Balaban J connectivity index is 0.00000225. The molecule has 3 nitrogen and oxygen atoms in total. The zero-order valence-electron chi connectivity index (χ0n) is 10.1. The molecule has 1 amide bonds. The maximum atomic E-state index is 11.8. The highest BCUT2D eigenvalue weighted by atomic mass is 35.5. The van der Waals surface area contributed by atoms with E-state index in [1.165, 1.54) is 0 Å². The Labute approximate surface area is 109 Å². The molecule has 2 atom stereocenters. The zero-order chi connectivity index (χ0) is 11.3. The van der Waals surface area contributed by atoms with Crippen LogP contribution in [-0.4, -0.2) is 41.4 Å². The largest absolute Gasteiger partial charge is 0.342 e. The number of carbonyl (C=O) groups excluding carboxylic acids is 1. The highest BCUT2D eigenvalue weighted by Gasteiger charge is 2.27. The smallest absolute Gasteiger partial charge is 0.232 e. The molecule has 1 rings (SSSR count). The first-order valence-corrected chi connectivity index (χ1v) is 6.91. The van der Waals surface area contributed by atoms with E-state index in [0.717, 1.165) is 31.7 Å². The number of amides is 1. The number of halogens is 1. The van der Waals surface area contributed by atoms with Crippen molar-refractivity contribution in [2.75, 3.05) is 24.6 Å². The maximum absolute atomic E-state index is 11.8. The fourth-order valence-electron chi connectivity index (χ4n) is 1.84. The van der Waals surface area contributed by atoms with Crippen LogP contribution in [0, 0.1) is 5.92 Å². The summed E-state index contributed by atoms with van der Waals surface area (Å²) in [5.74, 6) is 2.51. The molecule has 0 aliphatic carbocycles. The molecule has 16 heavy (non-hydrogen) atoms. The summed E-state index contributed by atoms with van der Waals surface area (Å²) in [6, 6.07) is 0.214. The van der Waals surface area contributed by atoms with E-state index in [1.807, 2.05) is 11.8 Å². The van der Waals surface area contributed by atoms with Crippen LogP contribution < -0.4 is 5.73 Å². The number of thioether (sulfide) groups is 1. The van der Waals surface area contributed by atoms with E-state index in [1.54, 1.807) is 11.8 Å². The Bertz CT molecular complexity index is 214. The molecule has 0 spiro atoms. The van der Waals surface area contributed by atoms with Crippen LogP contribution in [0.4, 0.5) is 0 Å². The summed E-state index contributed by atoms with van der Waals surface area (Å²) in [6.45, 7) is 5.94. The molecule has 1 saturated heterocycles. The summed E-state index contributed by atoms with van der Waals surface area (Å²) in [5, 5.41) is 0. The molecule has 0 aromatic carbocycles. The first-order chi connectivity index (χ1) is 7.15.